The number of hydrogen-bond acceptors (Lipinski definition) is 4. The summed E-state index contributed by atoms with van der Waals surface area (Å²) < 4.78 is 23.0. The molecule has 1 fully saturated rings. The molecule has 1 unspecified atom stereocenters. The smallest absolute Gasteiger partial charge is 0.223 e. The van der Waals surface area contributed by atoms with Gasteiger partial charge in [0, 0.05) is 37.4 Å². The van der Waals surface area contributed by atoms with Gasteiger partial charge in [-0.25, -0.2) is 8.42 Å². The van der Waals surface area contributed by atoms with E-state index in [9.17, 15) is 13.2 Å². The lowest BCUT2D eigenvalue weighted by atomic mass is 10.1. The SMILES string of the molecule is O=C(CC1C=CS(=O)(=O)C1)N1CCCN(CCCc2ccccc2)CC1. The Morgan fingerprint density at radius 3 is 2.62 bits per heavy atom. The van der Waals surface area contributed by atoms with Crippen LogP contribution in [0.1, 0.15) is 24.8 Å². The molecule has 0 N–H and O–H groups in total. The molecule has 0 aliphatic carbocycles. The van der Waals surface area contributed by atoms with Crippen LogP contribution in [0.5, 0.6) is 0 Å². The molecule has 0 aromatic heterocycles. The third kappa shape index (κ3) is 5.68. The maximum absolute atomic E-state index is 12.5. The van der Waals surface area contributed by atoms with E-state index in [1.165, 1.54) is 11.0 Å². The number of allylic oxidation sites excluding steroid dienone is 1. The second kappa shape index (κ2) is 8.82. The molecule has 2 aliphatic heterocycles. The van der Waals surface area contributed by atoms with Gasteiger partial charge in [0.15, 0.2) is 9.84 Å². The average Bonchev–Trinajstić information content (AvgIpc) is 2.82. The Hall–Kier alpha value is -1.66. The standard InChI is InChI=1S/C20H28N2O3S/c23-20(16-19-9-15-26(24,25)17-19)22-12-5-11-21(13-14-22)10-4-8-18-6-2-1-3-7-18/h1-3,6-7,9,15,19H,4-5,8,10-14,16-17H2. The van der Waals surface area contributed by atoms with Crippen LogP contribution in [0.25, 0.3) is 0 Å². The van der Waals surface area contributed by atoms with Gasteiger partial charge < -0.3 is 9.80 Å². The predicted octanol–water partition coefficient (Wildman–Crippen LogP) is 2.10. The number of sulfone groups is 1. The molecule has 142 valence electrons. The summed E-state index contributed by atoms with van der Waals surface area (Å²) in [6.45, 7) is 4.50. The number of nitrogens with zero attached hydrogens (tertiary/aromatic N) is 2. The lowest BCUT2D eigenvalue weighted by Gasteiger charge is -2.23. The van der Waals surface area contributed by atoms with E-state index in [2.05, 4.69) is 29.2 Å². The summed E-state index contributed by atoms with van der Waals surface area (Å²) in [7, 11) is -3.08. The Kier molecular flexibility index (Phi) is 6.48. The Bertz CT molecular complexity index is 731. The topological polar surface area (TPSA) is 57.7 Å². The van der Waals surface area contributed by atoms with E-state index >= 15 is 0 Å². The maximum Gasteiger partial charge on any atom is 0.223 e. The van der Waals surface area contributed by atoms with Gasteiger partial charge in [-0.3, -0.25) is 4.79 Å². The second-order valence-corrected chi connectivity index (χ2v) is 9.22. The molecule has 0 spiro atoms. The summed E-state index contributed by atoms with van der Waals surface area (Å²) in [5.41, 5.74) is 1.37. The molecule has 0 radical (unpaired) electrons. The molecule has 0 saturated carbocycles. The molecule has 1 amide bonds. The number of carbonyl (C=O) groups is 1. The predicted molar refractivity (Wildman–Crippen MR) is 103 cm³/mol. The first kappa shape index (κ1) is 19.1. The highest BCUT2D eigenvalue weighted by atomic mass is 32.2. The van der Waals surface area contributed by atoms with Gasteiger partial charge in [-0.15, -0.1) is 0 Å². The van der Waals surface area contributed by atoms with Gasteiger partial charge in [-0.2, -0.15) is 0 Å². The van der Waals surface area contributed by atoms with E-state index in [0.29, 0.717) is 6.42 Å². The molecule has 2 heterocycles. The van der Waals surface area contributed by atoms with Gasteiger partial charge in [-0.1, -0.05) is 36.4 Å². The largest absolute Gasteiger partial charge is 0.341 e. The van der Waals surface area contributed by atoms with Gasteiger partial charge >= 0.3 is 0 Å². The van der Waals surface area contributed by atoms with Gasteiger partial charge in [-0.05, 0) is 37.9 Å². The molecule has 3 rings (SSSR count). The van der Waals surface area contributed by atoms with Crippen LogP contribution in [0.15, 0.2) is 41.8 Å². The summed E-state index contributed by atoms with van der Waals surface area (Å²) in [5.74, 6) is 0.0127. The Morgan fingerprint density at radius 1 is 1.08 bits per heavy atom. The van der Waals surface area contributed by atoms with E-state index in [4.69, 9.17) is 0 Å². The molecule has 2 aliphatic rings. The minimum absolute atomic E-state index is 0.0815. The van der Waals surface area contributed by atoms with Crippen LogP contribution in [0.2, 0.25) is 0 Å². The van der Waals surface area contributed by atoms with Crippen molar-refractivity contribution in [3.8, 4) is 0 Å². The molecule has 1 aromatic rings. The zero-order chi connectivity index (χ0) is 18.4. The summed E-state index contributed by atoms with van der Waals surface area (Å²) in [5, 5.41) is 1.25. The molecule has 0 bridgehead atoms. The van der Waals surface area contributed by atoms with Crippen molar-refractivity contribution < 1.29 is 13.2 Å². The lowest BCUT2D eigenvalue weighted by Crippen LogP contribution is -2.36. The number of amides is 1. The van der Waals surface area contributed by atoms with Crippen LogP contribution in [0.3, 0.4) is 0 Å². The Morgan fingerprint density at radius 2 is 1.88 bits per heavy atom. The van der Waals surface area contributed by atoms with Gasteiger partial charge in [0.1, 0.15) is 0 Å². The van der Waals surface area contributed by atoms with Crippen molar-refractivity contribution in [2.24, 2.45) is 5.92 Å². The lowest BCUT2D eigenvalue weighted by molar-refractivity contribution is -0.131. The van der Waals surface area contributed by atoms with Crippen LogP contribution in [-0.2, 0) is 21.1 Å². The van der Waals surface area contributed by atoms with Crippen LogP contribution in [0.4, 0.5) is 0 Å². The van der Waals surface area contributed by atoms with Crippen molar-refractivity contribution in [3.63, 3.8) is 0 Å². The molecular formula is C20H28N2O3S. The Labute approximate surface area is 156 Å². The first-order valence-electron chi connectivity index (χ1n) is 9.47. The Balaban J connectivity index is 1.40. The molecular weight excluding hydrogens is 348 g/mol. The first-order chi connectivity index (χ1) is 12.5. The first-order valence-corrected chi connectivity index (χ1v) is 11.2. The van der Waals surface area contributed by atoms with Crippen LogP contribution >= 0.6 is 0 Å². The van der Waals surface area contributed by atoms with E-state index < -0.39 is 9.84 Å². The highest BCUT2D eigenvalue weighted by molar-refractivity contribution is 7.94. The monoisotopic (exact) mass is 376 g/mol. The summed E-state index contributed by atoms with van der Waals surface area (Å²) in [6, 6.07) is 10.5. The zero-order valence-electron chi connectivity index (χ0n) is 15.2. The van der Waals surface area contributed by atoms with Gasteiger partial charge in [0.25, 0.3) is 0 Å². The van der Waals surface area contributed by atoms with Crippen molar-refractivity contribution in [2.45, 2.75) is 25.7 Å². The maximum atomic E-state index is 12.5. The fourth-order valence-corrected chi connectivity index (χ4v) is 5.11. The highest BCUT2D eigenvalue weighted by Crippen LogP contribution is 2.19. The van der Waals surface area contributed by atoms with Gasteiger partial charge in [0.05, 0.1) is 5.75 Å². The quantitative estimate of drug-likeness (QED) is 0.763. The second-order valence-electron chi connectivity index (χ2n) is 7.29. The van der Waals surface area contributed by atoms with Crippen LogP contribution < -0.4 is 0 Å². The van der Waals surface area contributed by atoms with E-state index in [1.807, 2.05) is 11.0 Å². The highest BCUT2D eigenvalue weighted by Gasteiger charge is 2.26. The molecule has 1 atom stereocenters. The van der Waals surface area contributed by atoms with E-state index in [1.54, 1.807) is 6.08 Å². The van der Waals surface area contributed by atoms with Crippen LogP contribution in [0, 0.1) is 5.92 Å². The molecule has 1 aromatic carbocycles. The summed E-state index contributed by atoms with van der Waals surface area (Å²) in [6.07, 6.45) is 5.17. The number of aryl methyl sites for hydroxylation is 1. The minimum atomic E-state index is -3.08. The minimum Gasteiger partial charge on any atom is -0.341 e. The third-order valence-corrected chi connectivity index (χ3v) is 6.63. The number of carbonyl (C=O) groups excluding carboxylic acids is 1. The summed E-state index contributed by atoms with van der Waals surface area (Å²) in [4.78, 5) is 16.9. The average molecular weight is 377 g/mol. The van der Waals surface area contributed by atoms with Crippen LogP contribution in [-0.4, -0.2) is 62.6 Å². The fourth-order valence-electron chi connectivity index (χ4n) is 3.72. The zero-order valence-corrected chi connectivity index (χ0v) is 16.0. The van der Waals surface area contributed by atoms with E-state index in [-0.39, 0.29) is 17.6 Å². The van der Waals surface area contributed by atoms with Gasteiger partial charge in [0.2, 0.25) is 5.91 Å². The number of hydrogen-bond donors (Lipinski definition) is 0. The number of benzene rings is 1. The molecule has 26 heavy (non-hydrogen) atoms. The normalized spacial score (nSPS) is 23.1. The van der Waals surface area contributed by atoms with Crippen molar-refractivity contribution in [1.29, 1.82) is 0 Å². The number of rotatable bonds is 6. The van der Waals surface area contributed by atoms with Crippen molar-refractivity contribution >= 4 is 15.7 Å². The molecule has 6 heteroatoms. The van der Waals surface area contributed by atoms with Crippen molar-refractivity contribution in [1.82, 2.24) is 9.80 Å². The molecule has 1 saturated heterocycles. The third-order valence-electron chi connectivity index (χ3n) is 5.17. The fraction of sp³-hybridized carbons (Fsp3) is 0.550. The molecule has 5 nitrogen and oxygen atoms in total. The van der Waals surface area contributed by atoms with E-state index in [0.717, 1.165) is 52.0 Å². The van der Waals surface area contributed by atoms with Crippen molar-refractivity contribution in [3.05, 3.63) is 47.4 Å². The van der Waals surface area contributed by atoms with Crippen molar-refractivity contribution in [2.75, 3.05) is 38.5 Å². The summed E-state index contributed by atoms with van der Waals surface area (Å²) >= 11 is 0.